The number of likely N-dealkylation sites (N-methyl/N-ethyl adjacent to an activating group) is 1. The Bertz CT molecular complexity index is 1920. The molecule has 5 aromatic rings. The summed E-state index contributed by atoms with van der Waals surface area (Å²) in [5.74, 6) is -2.11. The Kier molecular flexibility index (Phi) is 5.82. The molecular formula is C29H30BN9O3. The molecule has 0 atom stereocenters. The molecule has 3 N–H and O–H groups in total. The number of nitrogens with one attached hydrogen (secondary N) is 1. The minimum Gasteiger partial charge on any atom is -0.356 e. The molecule has 6 heterocycles. The number of pyridine rings is 1. The number of aromatic amines is 1. The maximum absolute atomic E-state index is 14.1. The molecule has 0 saturated carbocycles. The number of likely N-dealkylation sites (tertiary alicyclic amines) is 1. The van der Waals surface area contributed by atoms with Crippen molar-refractivity contribution in [1.82, 2.24) is 34.4 Å². The summed E-state index contributed by atoms with van der Waals surface area (Å²) in [6.45, 7) is 2.13. The van der Waals surface area contributed by atoms with Gasteiger partial charge in [0.15, 0.2) is 0 Å². The number of H-pyrrole nitrogens is 1. The van der Waals surface area contributed by atoms with Gasteiger partial charge in [0.2, 0.25) is 19.6 Å². The van der Waals surface area contributed by atoms with E-state index in [2.05, 4.69) is 32.2 Å². The van der Waals surface area contributed by atoms with Crippen LogP contribution in [0.15, 0.2) is 43.0 Å². The van der Waals surface area contributed by atoms with E-state index in [9.17, 15) is 15.0 Å². The summed E-state index contributed by atoms with van der Waals surface area (Å²) < 4.78 is 2.92. The van der Waals surface area contributed by atoms with Crippen molar-refractivity contribution in [3.8, 4) is 28.5 Å². The summed E-state index contributed by atoms with van der Waals surface area (Å²) in [7, 11) is 4.96. The molecule has 1 saturated heterocycles. The van der Waals surface area contributed by atoms with Gasteiger partial charge in [0.25, 0.3) is 0 Å². The van der Waals surface area contributed by atoms with Gasteiger partial charge in [0.05, 0.1) is 47.0 Å². The topological polar surface area (TPSA) is 152 Å². The fourth-order valence-corrected chi connectivity index (χ4v) is 6.76. The van der Waals surface area contributed by atoms with E-state index in [1.54, 1.807) is 23.5 Å². The second kappa shape index (κ2) is 9.25. The van der Waals surface area contributed by atoms with Crippen LogP contribution in [-0.4, -0.2) is 85.1 Å². The number of rotatable bonds is 5. The number of piperidine rings is 1. The molecule has 212 valence electrons. The van der Waals surface area contributed by atoms with Crippen LogP contribution in [0, 0.1) is 11.3 Å². The van der Waals surface area contributed by atoms with Gasteiger partial charge in [-0.15, -0.1) is 0 Å². The van der Waals surface area contributed by atoms with Gasteiger partial charge in [-0.1, -0.05) is 6.07 Å². The van der Waals surface area contributed by atoms with Crippen molar-refractivity contribution in [1.29, 1.82) is 5.26 Å². The Morgan fingerprint density at radius 3 is 2.64 bits per heavy atom. The van der Waals surface area contributed by atoms with Crippen molar-refractivity contribution < 1.29 is 15.0 Å². The highest BCUT2D eigenvalue weighted by molar-refractivity contribution is 6.16. The van der Waals surface area contributed by atoms with Crippen molar-refractivity contribution in [2.45, 2.75) is 30.5 Å². The molecule has 0 aliphatic carbocycles. The lowest BCUT2D eigenvalue weighted by atomic mass is 9.72. The van der Waals surface area contributed by atoms with Gasteiger partial charge in [-0.3, -0.25) is 9.48 Å². The normalized spacial score (nSPS) is 17.0. The quantitative estimate of drug-likeness (QED) is 0.214. The minimum absolute atomic E-state index is 0.0623. The lowest BCUT2D eigenvalue weighted by Crippen LogP contribution is -2.48. The van der Waals surface area contributed by atoms with Crippen LogP contribution in [0.1, 0.15) is 24.8 Å². The highest BCUT2D eigenvalue weighted by atomic mass is 16.5. The lowest BCUT2D eigenvalue weighted by molar-refractivity contribution is -0.160. The zero-order valence-corrected chi connectivity index (χ0v) is 23.7. The molecule has 1 spiro atoms. The highest BCUT2D eigenvalue weighted by Crippen LogP contribution is 2.53. The SMILES string of the molecule is BC(O)(O)n1cc(-c2[nH]c3ncc4c(c3c2-c2ccc3c(cnn3C)c2)C2(CCN(CCC#N)CC2)C(=O)N4C)cn1. The van der Waals surface area contributed by atoms with Crippen molar-refractivity contribution in [3.05, 3.63) is 48.5 Å². The van der Waals surface area contributed by atoms with Crippen molar-refractivity contribution in [2.75, 3.05) is 31.6 Å². The maximum Gasteiger partial charge on any atom is 0.237 e. The average Bonchev–Trinajstić information content (AvgIpc) is 3.74. The van der Waals surface area contributed by atoms with E-state index in [-0.39, 0.29) is 5.91 Å². The molecule has 13 heteroatoms. The Morgan fingerprint density at radius 1 is 1.14 bits per heavy atom. The average molecular weight is 563 g/mol. The van der Waals surface area contributed by atoms with Crippen molar-refractivity contribution in [3.63, 3.8) is 0 Å². The summed E-state index contributed by atoms with van der Waals surface area (Å²) >= 11 is 0. The number of aliphatic hydroxyl groups is 2. The number of aryl methyl sites for hydroxylation is 1. The zero-order chi connectivity index (χ0) is 29.4. The molecule has 0 bridgehead atoms. The van der Waals surface area contributed by atoms with E-state index in [0.29, 0.717) is 42.7 Å². The fourth-order valence-electron chi connectivity index (χ4n) is 6.76. The van der Waals surface area contributed by atoms with E-state index in [0.717, 1.165) is 56.4 Å². The third-order valence-electron chi connectivity index (χ3n) is 8.95. The van der Waals surface area contributed by atoms with Crippen LogP contribution < -0.4 is 4.90 Å². The fraction of sp³-hybridized carbons (Fsp3) is 0.345. The number of carbonyl (C=O) groups is 1. The molecule has 1 amide bonds. The first kappa shape index (κ1) is 26.4. The van der Waals surface area contributed by atoms with Gasteiger partial charge in [-0.25, -0.2) is 9.67 Å². The molecule has 1 aromatic carbocycles. The summed E-state index contributed by atoms with van der Waals surface area (Å²) in [5, 5.41) is 39.9. The van der Waals surface area contributed by atoms with Crippen LogP contribution in [0.4, 0.5) is 5.69 Å². The third-order valence-corrected chi connectivity index (χ3v) is 8.95. The molecule has 2 aliphatic heterocycles. The standard InChI is InChI=1S/C29H30BN9O3/c1-36-21-15-32-26-23(24(21)28(27(36)40)6-10-38(11-7-28)9-3-8-31)22(17-4-5-20-18(12-17)13-33-37(20)2)25(35-26)19-14-34-39(16-19)29(30,41)42/h4-5,12-16,41-42H,3,6-7,9-11,30H2,1-2H3,(H,32,35). The molecule has 2 aliphatic rings. The van der Waals surface area contributed by atoms with Crippen LogP contribution in [-0.2, 0) is 23.1 Å². The first-order valence-corrected chi connectivity index (χ1v) is 14.0. The number of hydrogen-bond donors (Lipinski definition) is 3. The second-order valence-electron chi connectivity index (χ2n) is 11.5. The summed E-state index contributed by atoms with van der Waals surface area (Å²) in [4.78, 5) is 26.3. The number of aromatic nitrogens is 6. The van der Waals surface area contributed by atoms with Crippen LogP contribution in [0.5, 0.6) is 0 Å². The molecule has 0 unspecified atom stereocenters. The van der Waals surface area contributed by atoms with Crippen LogP contribution >= 0.6 is 0 Å². The van der Waals surface area contributed by atoms with Crippen LogP contribution in [0.2, 0.25) is 0 Å². The van der Waals surface area contributed by atoms with Gasteiger partial charge in [-0.2, -0.15) is 15.5 Å². The van der Waals surface area contributed by atoms with E-state index >= 15 is 0 Å². The Balaban J connectivity index is 1.49. The molecule has 4 aromatic heterocycles. The number of amides is 1. The molecule has 12 nitrogen and oxygen atoms in total. The predicted octanol–water partition coefficient (Wildman–Crippen LogP) is 1.39. The number of benzene rings is 1. The predicted molar refractivity (Wildman–Crippen MR) is 159 cm³/mol. The third kappa shape index (κ3) is 3.80. The maximum atomic E-state index is 14.1. The van der Waals surface area contributed by atoms with Crippen molar-refractivity contribution in [2.24, 2.45) is 7.05 Å². The van der Waals surface area contributed by atoms with Gasteiger partial charge in [0, 0.05) is 60.7 Å². The number of nitriles is 1. The number of fused-ring (bicyclic) bond motifs is 5. The Morgan fingerprint density at radius 2 is 1.93 bits per heavy atom. The smallest absolute Gasteiger partial charge is 0.237 e. The van der Waals surface area contributed by atoms with E-state index < -0.39 is 11.2 Å². The lowest BCUT2D eigenvalue weighted by Gasteiger charge is -2.38. The first-order chi connectivity index (χ1) is 20.1. The number of hydrogen-bond acceptors (Lipinski definition) is 8. The molecule has 7 rings (SSSR count). The summed E-state index contributed by atoms with van der Waals surface area (Å²) in [6.07, 6.45) is 8.50. The van der Waals surface area contributed by atoms with E-state index in [1.165, 1.54) is 7.85 Å². The van der Waals surface area contributed by atoms with Gasteiger partial charge >= 0.3 is 0 Å². The highest BCUT2D eigenvalue weighted by Gasteiger charge is 2.52. The largest absolute Gasteiger partial charge is 0.356 e. The summed E-state index contributed by atoms with van der Waals surface area (Å²) in [5.41, 5.74) is 5.81. The van der Waals surface area contributed by atoms with E-state index in [4.69, 9.17) is 10.2 Å². The monoisotopic (exact) mass is 563 g/mol. The Hall–Kier alpha value is -4.51. The first-order valence-electron chi connectivity index (χ1n) is 14.0. The minimum atomic E-state index is -2.17. The van der Waals surface area contributed by atoms with Gasteiger partial charge < -0.3 is 25.0 Å². The Labute approximate surface area is 242 Å². The van der Waals surface area contributed by atoms with E-state index in [1.807, 2.05) is 37.1 Å². The van der Waals surface area contributed by atoms with Crippen LogP contribution in [0.3, 0.4) is 0 Å². The molecular weight excluding hydrogens is 533 g/mol. The number of anilines is 1. The van der Waals surface area contributed by atoms with Crippen LogP contribution in [0.25, 0.3) is 44.3 Å². The number of carbonyl (C=O) groups excluding carboxylic acids is 1. The number of nitrogens with zero attached hydrogens (tertiary/aromatic N) is 8. The van der Waals surface area contributed by atoms with Gasteiger partial charge in [-0.05, 0) is 43.6 Å². The van der Waals surface area contributed by atoms with Crippen molar-refractivity contribution >= 4 is 41.4 Å². The summed E-state index contributed by atoms with van der Waals surface area (Å²) in [6, 6.07) is 8.38. The molecule has 0 radical (unpaired) electrons. The zero-order valence-electron chi connectivity index (χ0n) is 23.7. The molecule has 1 fully saturated rings. The molecule has 42 heavy (non-hydrogen) atoms. The van der Waals surface area contributed by atoms with Gasteiger partial charge in [0.1, 0.15) is 5.65 Å². The second-order valence-corrected chi connectivity index (χ2v) is 11.5.